The third kappa shape index (κ3) is 3.30. The van der Waals surface area contributed by atoms with E-state index in [0.717, 1.165) is 0 Å². The molecule has 2 fully saturated rings. The lowest BCUT2D eigenvalue weighted by Crippen LogP contribution is -2.19. The van der Waals surface area contributed by atoms with Crippen LogP contribution in [0.5, 0.6) is 0 Å². The summed E-state index contributed by atoms with van der Waals surface area (Å²) in [7, 11) is 0. The minimum absolute atomic E-state index is 0.185. The Morgan fingerprint density at radius 2 is 1.93 bits per heavy atom. The van der Waals surface area contributed by atoms with Gasteiger partial charge in [-0.05, 0) is 19.8 Å². The summed E-state index contributed by atoms with van der Waals surface area (Å²) in [5.41, 5.74) is 0.233. The summed E-state index contributed by atoms with van der Waals surface area (Å²) in [5, 5.41) is 0. The molecule has 3 atom stereocenters. The van der Waals surface area contributed by atoms with Crippen LogP contribution in [0.2, 0.25) is 0 Å². The maximum Gasteiger partial charge on any atom is 0.143 e. The number of ether oxygens (including phenoxy) is 2. The first kappa shape index (κ1) is 11.1. The maximum atomic E-state index is 5.90. The second-order valence-electron chi connectivity index (χ2n) is 3.95. The Kier molecular flexibility index (Phi) is 4.00. The Bertz CT molecular complexity index is 183. The lowest BCUT2D eigenvalue weighted by Gasteiger charge is -2.21. The summed E-state index contributed by atoms with van der Waals surface area (Å²) < 4.78 is 11.3. The number of hydrogen-bond acceptors (Lipinski definition) is 3. The molecule has 1 aliphatic heterocycles. The van der Waals surface area contributed by atoms with Crippen LogP contribution in [0.4, 0.5) is 0 Å². The zero-order valence-corrected chi connectivity index (χ0v) is 10.0. The molecule has 2 rings (SSSR count). The van der Waals surface area contributed by atoms with Gasteiger partial charge in [0.05, 0.1) is 6.10 Å². The van der Waals surface area contributed by atoms with Crippen LogP contribution in [-0.4, -0.2) is 22.5 Å². The lowest BCUT2D eigenvalue weighted by atomic mass is 9.98. The summed E-state index contributed by atoms with van der Waals surface area (Å²) in [4.78, 5) is 0. The van der Waals surface area contributed by atoms with Crippen LogP contribution in [0.1, 0.15) is 39.0 Å². The summed E-state index contributed by atoms with van der Waals surface area (Å²) in [6.45, 7) is 1.85. The van der Waals surface area contributed by atoms with Gasteiger partial charge < -0.3 is 9.47 Å². The van der Waals surface area contributed by atoms with Crippen LogP contribution in [0, 0.1) is 0 Å². The van der Waals surface area contributed by atoms with Crippen molar-refractivity contribution in [2.24, 2.45) is 0 Å². The first-order valence-electron chi connectivity index (χ1n) is 5.36. The zero-order valence-electron chi connectivity index (χ0n) is 8.45. The van der Waals surface area contributed by atoms with E-state index in [4.69, 9.17) is 21.1 Å². The van der Waals surface area contributed by atoms with Crippen molar-refractivity contribution in [3.05, 3.63) is 0 Å². The molecule has 0 radical (unpaired) electrons. The van der Waals surface area contributed by atoms with Crippen LogP contribution in [0.25, 0.3) is 0 Å². The molecule has 4 heteroatoms. The van der Waals surface area contributed by atoms with Crippen LogP contribution in [0.3, 0.4) is 0 Å². The Hall–Kier alpha value is 0.560. The number of halogens is 1. The molecule has 0 aromatic rings. The van der Waals surface area contributed by atoms with Crippen LogP contribution in [0.15, 0.2) is 0 Å². The third-order valence-corrected chi connectivity index (χ3v) is 3.66. The fourth-order valence-corrected chi connectivity index (χ4v) is 2.78. The molecule has 0 N–H and O–H groups in total. The van der Waals surface area contributed by atoms with Gasteiger partial charge in [-0.25, -0.2) is 0 Å². The van der Waals surface area contributed by atoms with Crippen molar-refractivity contribution in [2.45, 2.75) is 61.6 Å². The first-order valence-corrected chi connectivity index (χ1v) is 6.74. The van der Waals surface area contributed by atoms with Crippen molar-refractivity contribution < 1.29 is 9.47 Å². The number of rotatable bonds is 4. The lowest BCUT2D eigenvalue weighted by molar-refractivity contribution is -0.0180. The van der Waals surface area contributed by atoms with E-state index in [9.17, 15) is 0 Å². The largest absolute Gasteiger partial charge is 0.361 e. The predicted octanol–water partition coefficient (Wildman–Crippen LogP) is 3.34. The van der Waals surface area contributed by atoms with Crippen molar-refractivity contribution in [2.75, 3.05) is 0 Å². The van der Waals surface area contributed by atoms with Gasteiger partial charge in [-0.15, -0.1) is 0 Å². The molecular weight excluding hydrogens is 220 g/mol. The molecule has 1 saturated heterocycles. The summed E-state index contributed by atoms with van der Waals surface area (Å²) in [6, 6.07) is 0. The van der Waals surface area contributed by atoms with Crippen molar-refractivity contribution in [3.8, 4) is 0 Å². The molecule has 1 aliphatic carbocycles. The molecule has 2 nitrogen and oxygen atoms in total. The average Bonchev–Trinajstić information content (AvgIpc) is 2.84. The summed E-state index contributed by atoms with van der Waals surface area (Å²) >= 11 is 7.46. The monoisotopic (exact) mass is 236 g/mol. The molecule has 82 valence electrons. The van der Waals surface area contributed by atoms with Crippen LogP contribution in [-0.2, 0) is 9.47 Å². The normalized spacial score (nSPS) is 35.6. The quantitative estimate of drug-likeness (QED) is 0.551. The molecule has 0 spiro atoms. The Morgan fingerprint density at radius 3 is 2.57 bits per heavy atom. The van der Waals surface area contributed by atoms with Gasteiger partial charge in [0.25, 0.3) is 0 Å². The second-order valence-corrected chi connectivity index (χ2v) is 5.76. The zero-order chi connectivity index (χ0) is 9.97. The SMILES string of the molecule is CC(Cl)OC1S[C@H]1OC1CCCCC1. The molecular formula is C10H17ClO2S. The predicted molar refractivity (Wildman–Crippen MR) is 59.5 cm³/mol. The minimum atomic E-state index is -0.201. The number of alkyl halides is 1. The maximum absolute atomic E-state index is 5.90. The van der Waals surface area contributed by atoms with Gasteiger partial charge >= 0.3 is 0 Å². The van der Waals surface area contributed by atoms with Gasteiger partial charge in [-0.3, -0.25) is 0 Å². The Labute approximate surface area is 94.7 Å². The van der Waals surface area contributed by atoms with E-state index in [1.165, 1.54) is 32.1 Å². The van der Waals surface area contributed by atoms with Crippen molar-refractivity contribution in [3.63, 3.8) is 0 Å². The van der Waals surface area contributed by atoms with Gasteiger partial charge in [-0.2, -0.15) is 0 Å². The Morgan fingerprint density at radius 1 is 1.21 bits per heavy atom. The van der Waals surface area contributed by atoms with Crippen LogP contribution < -0.4 is 0 Å². The van der Waals surface area contributed by atoms with Crippen molar-refractivity contribution in [1.29, 1.82) is 0 Å². The highest BCUT2D eigenvalue weighted by Crippen LogP contribution is 2.45. The highest BCUT2D eigenvalue weighted by molar-refractivity contribution is 8.07. The Balaban J connectivity index is 1.62. The van der Waals surface area contributed by atoms with E-state index in [1.807, 2.05) is 6.92 Å². The number of thioether (sulfide) groups is 1. The van der Waals surface area contributed by atoms with E-state index < -0.39 is 0 Å². The van der Waals surface area contributed by atoms with E-state index in [2.05, 4.69) is 0 Å². The standard InChI is InChI=1S/C10H17ClO2S/c1-7(11)12-9-10(14-9)13-8-5-3-2-4-6-8/h7-10H,2-6H2,1H3/t7?,9?,10-/m1/s1. The summed E-state index contributed by atoms with van der Waals surface area (Å²) in [5.74, 6) is 0. The molecule has 1 heterocycles. The molecule has 1 saturated carbocycles. The van der Waals surface area contributed by atoms with E-state index in [0.29, 0.717) is 6.10 Å². The molecule has 14 heavy (non-hydrogen) atoms. The van der Waals surface area contributed by atoms with Gasteiger partial charge in [0, 0.05) is 0 Å². The highest BCUT2D eigenvalue weighted by atomic mass is 35.5. The van der Waals surface area contributed by atoms with Crippen LogP contribution >= 0.6 is 23.4 Å². The third-order valence-electron chi connectivity index (χ3n) is 2.61. The van der Waals surface area contributed by atoms with Gasteiger partial charge in [-0.1, -0.05) is 42.6 Å². The van der Waals surface area contributed by atoms with E-state index in [1.54, 1.807) is 11.8 Å². The van der Waals surface area contributed by atoms with Gasteiger partial charge in [0.2, 0.25) is 0 Å². The molecule has 2 aliphatic rings. The molecule has 0 amide bonds. The van der Waals surface area contributed by atoms with Crippen molar-refractivity contribution >= 4 is 23.4 Å². The second kappa shape index (κ2) is 5.06. The van der Waals surface area contributed by atoms with Gasteiger partial charge in [0.15, 0.2) is 0 Å². The highest BCUT2D eigenvalue weighted by Gasteiger charge is 2.43. The summed E-state index contributed by atoms with van der Waals surface area (Å²) in [6.07, 6.45) is 6.93. The van der Waals surface area contributed by atoms with Gasteiger partial charge in [0.1, 0.15) is 16.4 Å². The molecule has 0 bridgehead atoms. The average molecular weight is 237 g/mol. The van der Waals surface area contributed by atoms with E-state index >= 15 is 0 Å². The molecule has 2 unspecified atom stereocenters. The fourth-order valence-electron chi connectivity index (χ4n) is 1.85. The fraction of sp³-hybridized carbons (Fsp3) is 1.00. The smallest absolute Gasteiger partial charge is 0.143 e. The van der Waals surface area contributed by atoms with Crippen molar-refractivity contribution in [1.82, 2.24) is 0 Å². The van der Waals surface area contributed by atoms with E-state index in [-0.39, 0.29) is 16.4 Å². The topological polar surface area (TPSA) is 18.5 Å². The number of hydrogen-bond donors (Lipinski definition) is 0. The molecule has 0 aromatic carbocycles. The molecule has 0 aromatic heterocycles. The first-order chi connectivity index (χ1) is 6.75. The minimum Gasteiger partial charge on any atom is -0.361 e.